The van der Waals surface area contributed by atoms with Gasteiger partial charge in [0.25, 0.3) is 0 Å². The van der Waals surface area contributed by atoms with Crippen LogP contribution < -0.4 is 0 Å². The Morgan fingerprint density at radius 2 is 1.14 bits per heavy atom. The first-order chi connectivity index (χ1) is 17.6. The van der Waals surface area contributed by atoms with Crippen molar-refractivity contribution in [2.75, 3.05) is 12.4 Å². The quantitative estimate of drug-likeness (QED) is 0.303. The minimum absolute atomic E-state index is 0.180. The van der Waals surface area contributed by atoms with Gasteiger partial charge in [0.2, 0.25) is 0 Å². The number of benzene rings is 3. The van der Waals surface area contributed by atoms with Crippen molar-refractivity contribution in [3.8, 4) is 0 Å². The van der Waals surface area contributed by atoms with Gasteiger partial charge >= 0.3 is 17.9 Å². The van der Waals surface area contributed by atoms with Crippen molar-refractivity contribution < 1.29 is 33.3 Å². The third-order valence-electron chi connectivity index (χ3n) is 5.49. The molecule has 0 saturated carbocycles. The van der Waals surface area contributed by atoms with Crippen molar-refractivity contribution in [1.82, 2.24) is 0 Å². The van der Waals surface area contributed by atoms with Gasteiger partial charge in [-0.05, 0) is 42.2 Å². The molecule has 0 radical (unpaired) electrons. The van der Waals surface area contributed by atoms with E-state index in [0.717, 1.165) is 0 Å². The summed E-state index contributed by atoms with van der Waals surface area (Å²) in [6.07, 6.45) is -2.73. The summed E-state index contributed by atoms with van der Waals surface area (Å²) in [6.45, 7) is 1.76. The molecule has 186 valence electrons. The van der Waals surface area contributed by atoms with Crippen LogP contribution in [0.4, 0.5) is 0 Å². The highest BCUT2D eigenvalue weighted by Crippen LogP contribution is 2.34. The predicted octanol–water partition coefficient (Wildman–Crippen LogP) is 4.77. The third-order valence-corrected chi connectivity index (χ3v) is 6.53. The van der Waals surface area contributed by atoms with E-state index in [2.05, 4.69) is 0 Å². The molecule has 3 aromatic rings. The number of esters is 3. The van der Waals surface area contributed by atoms with Crippen molar-refractivity contribution >= 4 is 29.7 Å². The van der Waals surface area contributed by atoms with Gasteiger partial charge in [-0.2, -0.15) is 0 Å². The van der Waals surface area contributed by atoms with Gasteiger partial charge < -0.3 is 18.9 Å². The van der Waals surface area contributed by atoms with Gasteiger partial charge in [-0.3, -0.25) is 0 Å². The highest BCUT2D eigenvalue weighted by atomic mass is 32.2. The molecule has 0 N–H and O–H groups in total. The molecule has 1 aliphatic heterocycles. The Balaban J connectivity index is 1.56. The molecule has 4 rings (SSSR count). The summed E-state index contributed by atoms with van der Waals surface area (Å²) < 4.78 is 23.3. The number of carbonyl (C=O) groups is 3. The third kappa shape index (κ3) is 6.33. The summed E-state index contributed by atoms with van der Waals surface area (Å²) >= 11 is 1.41. The molecule has 0 aromatic heterocycles. The fourth-order valence-electron chi connectivity index (χ4n) is 3.74. The molecule has 8 heteroatoms. The fourth-order valence-corrected chi connectivity index (χ4v) is 4.69. The van der Waals surface area contributed by atoms with E-state index < -0.39 is 41.7 Å². The SMILES string of the molecule is CCS[C@@H]1O[C@@H](COC(=O)c2ccccc2)[C@@H](OC(=O)c2ccccc2)[C@@H]1OC(=O)c1ccccc1. The molecule has 0 spiro atoms. The molecule has 7 nitrogen and oxygen atoms in total. The van der Waals surface area contributed by atoms with Gasteiger partial charge in [-0.1, -0.05) is 61.5 Å². The summed E-state index contributed by atoms with van der Waals surface area (Å²) in [5, 5.41) is 0. The fraction of sp³-hybridized carbons (Fsp3) is 0.250. The van der Waals surface area contributed by atoms with Crippen LogP contribution in [-0.2, 0) is 18.9 Å². The predicted molar refractivity (Wildman–Crippen MR) is 135 cm³/mol. The average molecular weight is 507 g/mol. The summed E-state index contributed by atoms with van der Waals surface area (Å²) in [7, 11) is 0. The maximum Gasteiger partial charge on any atom is 0.338 e. The Labute approximate surface area is 213 Å². The van der Waals surface area contributed by atoms with Crippen LogP contribution in [-0.4, -0.2) is 54.0 Å². The smallest absolute Gasteiger partial charge is 0.338 e. The molecule has 1 aliphatic rings. The van der Waals surface area contributed by atoms with Gasteiger partial charge in [0.1, 0.15) is 18.1 Å². The largest absolute Gasteiger partial charge is 0.459 e. The van der Waals surface area contributed by atoms with E-state index >= 15 is 0 Å². The molecule has 1 heterocycles. The van der Waals surface area contributed by atoms with E-state index in [1.807, 2.05) is 6.92 Å². The standard InChI is InChI=1S/C28H26O7S/c1-2-36-28-24(35-27(31)21-16-10-5-11-17-21)23(34-26(30)20-14-8-4-9-15-20)22(33-28)18-32-25(29)19-12-6-3-7-13-19/h3-17,22-24,28H,2,18H2,1H3/t22-,23+,24-,28-/m0/s1. The van der Waals surface area contributed by atoms with Crippen LogP contribution in [0.3, 0.4) is 0 Å². The average Bonchev–Trinajstić information content (AvgIpc) is 3.24. The van der Waals surface area contributed by atoms with Crippen molar-refractivity contribution in [1.29, 1.82) is 0 Å². The molecular weight excluding hydrogens is 480 g/mol. The molecule has 0 aliphatic carbocycles. The van der Waals surface area contributed by atoms with E-state index in [0.29, 0.717) is 22.4 Å². The summed E-state index contributed by atoms with van der Waals surface area (Å²) in [4.78, 5) is 38.4. The van der Waals surface area contributed by atoms with E-state index in [-0.39, 0.29) is 6.61 Å². The number of hydrogen-bond acceptors (Lipinski definition) is 8. The molecule has 1 saturated heterocycles. The van der Waals surface area contributed by atoms with Crippen molar-refractivity contribution in [3.63, 3.8) is 0 Å². The van der Waals surface area contributed by atoms with E-state index in [4.69, 9.17) is 18.9 Å². The Morgan fingerprint density at radius 1 is 0.694 bits per heavy atom. The van der Waals surface area contributed by atoms with Gasteiger partial charge in [0, 0.05) is 0 Å². The molecule has 0 unspecified atom stereocenters. The monoisotopic (exact) mass is 506 g/mol. The molecular formula is C28H26O7S. The topological polar surface area (TPSA) is 88.1 Å². The Morgan fingerprint density at radius 3 is 1.61 bits per heavy atom. The molecule has 36 heavy (non-hydrogen) atoms. The van der Waals surface area contributed by atoms with Gasteiger partial charge in [-0.25, -0.2) is 14.4 Å². The minimum Gasteiger partial charge on any atom is -0.459 e. The normalized spacial score (nSPS) is 20.9. The van der Waals surface area contributed by atoms with Crippen LogP contribution in [0.2, 0.25) is 0 Å². The van der Waals surface area contributed by atoms with Gasteiger partial charge in [0.05, 0.1) is 16.7 Å². The second-order valence-corrected chi connectivity index (χ2v) is 9.31. The highest BCUT2D eigenvalue weighted by molar-refractivity contribution is 7.99. The lowest BCUT2D eigenvalue weighted by Crippen LogP contribution is -2.41. The van der Waals surface area contributed by atoms with Crippen LogP contribution in [0.25, 0.3) is 0 Å². The number of carbonyl (C=O) groups excluding carboxylic acids is 3. The first-order valence-corrected chi connectivity index (χ1v) is 12.6. The zero-order valence-corrected chi connectivity index (χ0v) is 20.5. The van der Waals surface area contributed by atoms with Crippen LogP contribution in [0, 0.1) is 0 Å². The first-order valence-electron chi connectivity index (χ1n) is 11.6. The number of thioether (sulfide) groups is 1. The highest BCUT2D eigenvalue weighted by Gasteiger charge is 2.50. The Hall–Kier alpha value is -3.62. The molecule has 0 bridgehead atoms. The lowest BCUT2D eigenvalue weighted by molar-refractivity contribution is -0.0435. The second-order valence-electron chi connectivity index (χ2n) is 7.93. The number of rotatable bonds is 9. The molecule has 1 fully saturated rings. The van der Waals surface area contributed by atoms with Crippen LogP contribution in [0.15, 0.2) is 91.0 Å². The van der Waals surface area contributed by atoms with Gasteiger partial charge in [0.15, 0.2) is 12.2 Å². The van der Waals surface area contributed by atoms with E-state index in [1.54, 1.807) is 91.0 Å². The van der Waals surface area contributed by atoms with E-state index in [1.165, 1.54) is 11.8 Å². The van der Waals surface area contributed by atoms with Crippen LogP contribution >= 0.6 is 11.8 Å². The summed E-state index contributed by atoms with van der Waals surface area (Å²) in [5.74, 6) is -1.02. The number of ether oxygens (including phenoxy) is 4. The zero-order valence-electron chi connectivity index (χ0n) is 19.6. The lowest BCUT2D eigenvalue weighted by Gasteiger charge is -2.24. The van der Waals surface area contributed by atoms with Crippen molar-refractivity contribution in [2.24, 2.45) is 0 Å². The molecule has 4 atom stereocenters. The number of hydrogen-bond donors (Lipinski definition) is 0. The lowest BCUT2D eigenvalue weighted by atomic mass is 10.1. The van der Waals surface area contributed by atoms with Crippen molar-refractivity contribution in [3.05, 3.63) is 108 Å². The van der Waals surface area contributed by atoms with Gasteiger partial charge in [-0.15, -0.1) is 11.8 Å². The molecule has 3 aromatic carbocycles. The van der Waals surface area contributed by atoms with Crippen LogP contribution in [0.5, 0.6) is 0 Å². The maximum absolute atomic E-state index is 12.9. The first kappa shape index (κ1) is 25.5. The van der Waals surface area contributed by atoms with E-state index in [9.17, 15) is 14.4 Å². The maximum atomic E-state index is 12.9. The Kier molecular flexibility index (Phi) is 8.76. The Bertz CT molecular complexity index is 1150. The molecule has 0 amide bonds. The summed E-state index contributed by atoms with van der Waals surface area (Å²) in [6, 6.07) is 25.6. The second kappa shape index (κ2) is 12.4. The summed E-state index contributed by atoms with van der Waals surface area (Å²) in [5.41, 5.74) is 0.485. The van der Waals surface area contributed by atoms with Crippen molar-refractivity contribution in [2.45, 2.75) is 30.7 Å². The zero-order chi connectivity index (χ0) is 25.3. The minimum atomic E-state index is -0.988. The van der Waals surface area contributed by atoms with Crippen LogP contribution in [0.1, 0.15) is 38.0 Å².